The van der Waals surface area contributed by atoms with Crippen molar-refractivity contribution in [1.82, 2.24) is 0 Å². The topological polar surface area (TPSA) is 14.1 Å². The van der Waals surface area contributed by atoms with Gasteiger partial charge in [-0.1, -0.05) is 18.2 Å². The summed E-state index contributed by atoms with van der Waals surface area (Å²) in [6.07, 6.45) is 0. The minimum atomic E-state index is 0. The molecule has 2 aromatic carbocycles. The van der Waals surface area contributed by atoms with Crippen LogP contribution in [-0.4, -0.2) is 0 Å². The van der Waals surface area contributed by atoms with Gasteiger partial charge in [-0.3, -0.25) is 0 Å². The summed E-state index contributed by atoms with van der Waals surface area (Å²) in [7, 11) is 0. The monoisotopic (exact) mass is 285 g/mol. The first-order valence-corrected chi connectivity index (χ1v) is 6.92. The molecule has 0 bridgehead atoms. The Morgan fingerprint density at radius 2 is 1.84 bits per heavy atom. The maximum atomic E-state index is 3.55. The van der Waals surface area contributed by atoms with Gasteiger partial charge < -0.3 is 12.4 Å². The molecule has 19 heavy (non-hydrogen) atoms. The minimum absolute atomic E-state index is 0. The molecule has 3 heteroatoms. The third-order valence-corrected chi connectivity index (χ3v) is 4.40. The van der Waals surface area contributed by atoms with E-state index in [1.54, 1.807) is 0 Å². The Hall–Kier alpha value is -1.64. The normalized spacial score (nSPS) is 11.0. The number of para-hydroxylation sites is 1. The van der Waals surface area contributed by atoms with Crippen LogP contribution in [0.1, 0.15) is 5.56 Å². The molecule has 1 N–H and O–H groups in total. The Labute approximate surface area is 121 Å². The molecule has 0 aromatic heterocycles. The zero-order chi connectivity index (χ0) is 12.1. The summed E-state index contributed by atoms with van der Waals surface area (Å²) in [6.45, 7) is 2.14. The van der Waals surface area contributed by atoms with Crippen LogP contribution in [-0.2, 0) is 0 Å². The van der Waals surface area contributed by atoms with E-state index < -0.39 is 0 Å². The molecule has 0 atom stereocenters. The Bertz CT molecular complexity index is 850. The smallest absolute Gasteiger partial charge is 0.221 e. The van der Waals surface area contributed by atoms with Crippen LogP contribution in [0.4, 0.5) is 0 Å². The molecule has 0 aliphatic carbocycles. The summed E-state index contributed by atoms with van der Waals surface area (Å²) in [5, 5.41) is 4.89. The predicted molar refractivity (Wildman–Crippen MR) is 77.2 cm³/mol. The Morgan fingerprint density at radius 1 is 1.00 bits per heavy atom. The molecule has 0 unspecified atom stereocenters. The number of hydrogen-bond donors (Lipinski definition) is 0. The maximum Gasteiger partial charge on any atom is 0.221 e. The fourth-order valence-corrected chi connectivity index (χ4v) is 3.60. The minimum Gasteiger partial charge on any atom is -1.00 e. The summed E-state index contributed by atoms with van der Waals surface area (Å²) < 4.78 is 1.34. The van der Waals surface area contributed by atoms with Gasteiger partial charge in [-0.15, -0.1) is 11.3 Å². The second kappa shape index (κ2) is 4.48. The van der Waals surface area contributed by atoms with E-state index in [4.69, 9.17) is 0 Å². The van der Waals surface area contributed by atoms with Crippen molar-refractivity contribution in [2.45, 2.75) is 6.92 Å². The number of H-pyrrole nitrogens is 1. The fraction of sp³-hybridized carbons (Fsp3) is 0.0625. The van der Waals surface area contributed by atoms with Crippen molar-refractivity contribution in [3.05, 3.63) is 53.4 Å². The number of benzene rings is 2. The summed E-state index contributed by atoms with van der Waals surface area (Å²) in [6, 6.07) is 15.2. The van der Waals surface area contributed by atoms with Crippen LogP contribution in [0.5, 0.6) is 0 Å². The van der Waals surface area contributed by atoms with Gasteiger partial charge in [0, 0.05) is 16.1 Å². The molecular formula is C16H12ClNS. The zero-order valence-corrected chi connectivity index (χ0v) is 12.0. The number of aromatic nitrogens is 1. The summed E-state index contributed by atoms with van der Waals surface area (Å²) in [4.78, 5) is 3.55. The summed E-state index contributed by atoms with van der Waals surface area (Å²) in [5.41, 5.74) is 5.11. The van der Waals surface area contributed by atoms with E-state index in [1.165, 1.54) is 37.8 Å². The lowest BCUT2D eigenvalue weighted by Gasteiger charge is -2.00. The molecule has 2 aromatic rings. The number of aryl methyl sites for hydroxylation is 1. The molecule has 2 aliphatic rings. The molecule has 0 saturated carbocycles. The average molecular weight is 286 g/mol. The van der Waals surface area contributed by atoms with Gasteiger partial charge in [0.15, 0.2) is 0 Å². The van der Waals surface area contributed by atoms with E-state index in [0.717, 1.165) is 0 Å². The molecular weight excluding hydrogens is 274 g/mol. The van der Waals surface area contributed by atoms with Crippen LogP contribution in [0.25, 0.3) is 32.2 Å². The number of hydrogen-bond acceptors (Lipinski definition) is 1. The largest absolute Gasteiger partial charge is 1.00 e. The molecule has 94 valence electrons. The van der Waals surface area contributed by atoms with Crippen LogP contribution in [0.2, 0.25) is 0 Å². The van der Waals surface area contributed by atoms with E-state index in [1.807, 2.05) is 11.3 Å². The molecule has 0 spiro atoms. The molecule has 4 rings (SSSR count). The van der Waals surface area contributed by atoms with Crippen molar-refractivity contribution in [2.75, 3.05) is 0 Å². The van der Waals surface area contributed by atoms with E-state index in [9.17, 15) is 0 Å². The summed E-state index contributed by atoms with van der Waals surface area (Å²) in [5.74, 6) is 0. The lowest BCUT2D eigenvalue weighted by molar-refractivity contribution is -0.325. The molecule has 0 radical (unpaired) electrons. The number of halogens is 1. The number of nitrogens with one attached hydrogen (secondary N) is 1. The number of fused-ring (bicyclic) bond motifs is 5. The molecule has 0 amide bonds. The number of aromatic amines is 1. The van der Waals surface area contributed by atoms with Crippen LogP contribution in [0.3, 0.4) is 0 Å². The average Bonchev–Trinajstić information content (AvgIpc) is 2.77. The van der Waals surface area contributed by atoms with Crippen LogP contribution < -0.4 is 17.4 Å². The van der Waals surface area contributed by atoms with Gasteiger partial charge in [-0.2, -0.15) is 0 Å². The second-order valence-corrected chi connectivity index (χ2v) is 5.61. The number of rotatable bonds is 0. The highest BCUT2D eigenvalue weighted by Gasteiger charge is 2.20. The van der Waals surface area contributed by atoms with E-state index in [0.29, 0.717) is 0 Å². The Kier molecular flexibility index (Phi) is 2.92. The first-order chi connectivity index (χ1) is 8.83. The Balaban J connectivity index is 0.00000110. The molecule has 2 aliphatic heterocycles. The molecule has 0 fully saturated rings. The van der Waals surface area contributed by atoms with Crippen molar-refractivity contribution >= 4 is 32.3 Å². The molecule has 1 nitrogen and oxygen atoms in total. The molecule has 2 heterocycles. The van der Waals surface area contributed by atoms with E-state index >= 15 is 0 Å². The predicted octanol–water partition coefficient (Wildman–Crippen LogP) is 1.29. The highest BCUT2D eigenvalue weighted by Crippen LogP contribution is 2.36. The van der Waals surface area contributed by atoms with E-state index in [2.05, 4.69) is 59.8 Å². The SMILES string of the molecule is Cc1ccc2c3[nH+]c4ccccc4c-3csc2c1.[Cl-]. The van der Waals surface area contributed by atoms with Gasteiger partial charge in [-0.05, 0) is 30.7 Å². The molecule has 0 saturated heterocycles. The van der Waals surface area contributed by atoms with Crippen LogP contribution in [0.15, 0.2) is 47.8 Å². The third kappa shape index (κ3) is 1.79. The van der Waals surface area contributed by atoms with Crippen molar-refractivity contribution in [3.8, 4) is 11.3 Å². The first kappa shape index (κ1) is 12.4. The lowest BCUT2D eigenvalue weighted by atomic mass is 10.1. The lowest BCUT2D eigenvalue weighted by Crippen LogP contribution is -3.00. The van der Waals surface area contributed by atoms with Gasteiger partial charge in [0.25, 0.3) is 0 Å². The van der Waals surface area contributed by atoms with Gasteiger partial charge in [-0.25, -0.2) is 4.98 Å². The first-order valence-electron chi connectivity index (χ1n) is 6.04. The van der Waals surface area contributed by atoms with Crippen molar-refractivity contribution in [3.63, 3.8) is 0 Å². The van der Waals surface area contributed by atoms with Crippen LogP contribution in [0, 0.1) is 6.92 Å². The van der Waals surface area contributed by atoms with Gasteiger partial charge in [0.1, 0.15) is 0 Å². The summed E-state index contributed by atoms with van der Waals surface area (Å²) >= 11 is 1.82. The van der Waals surface area contributed by atoms with Crippen LogP contribution >= 0.6 is 11.3 Å². The van der Waals surface area contributed by atoms with Gasteiger partial charge in [0.05, 0.1) is 16.3 Å². The van der Waals surface area contributed by atoms with Crippen molar-refractivity contribution < 1.29 is 17.4 Å². The third-order valence-electron chi connectivity index (χ3n) is 3.46. The Morgan fingerprint density at radius 3 is 2.74 bits per heavy atom. The zero-order valence-electron chi connectivity index (χ0n) is 10.4. The maximum absolute atomic E-state index is 3.55. The van der Waals surface area contributed by atoms with Gasteiger partial charge >= 0.3 is 0 Å². The fourth-order valence-electron chi connectivity index (χ4n) is 2.55. The van der Waals surface area contributed by atoms with Crippen molar-refractivity contribution in [2.24, 2.45) is 0 Å². The van der Waals surface area contributed by atoms with Gasteiger partial charge in [0.2, 0.25) is 11.2 Å². The second-order valence-electron chi connectivity index (χ2n) is 4.69. The van der Waals surface area contributed by atoms with Crippen molar-refractivity contribution in [1.29, 1.82) is 0 Å². The quantitative estimate of drug-likeness (QED) is 0.462. The highest BCUT2D eigenvalue weighted by atomic mass is 35.5. The highest BCUT2D eigenvalue weighted by molar-refractivity contribution is 7.17. The standard InChI is InChI=1S/C16H11NS.ClH/c1-10-6-7-12-15(8-10)18-9-13-11-4-2-3-5-14(11)17-16(12)13;/h2-9H,1H3;1H. The van der Waals surface area contributed by atoms with E-state index in [-0.39, 0.29) is 12.4 Å².